The maximum Gasteiger partial charge on any atom is 0.227 e. The fourth-order valence-corrected chi connectivity index (χ4v) is 2.31. The van der Waals surface area contributed by atoms with Gasteiger partial charge in [-0.3, -0.25) is 9.59 Å². The number of nitrogens with one attached hydrogen (secondary N) is 2. The van der Waals surface area contributed by atoms with E-state index in [-0.39, 0.29) is 17.7 Å². The predicted octanol–water partition coefficient (Wildman–Crippen LogP) is 0.684. The number of nitrogens with zero attached hydrogens (tertiary/aromatic N) is 1. The Hall–Kier alpha value is -1.88. The Morgan fingerprint density at radius 2 is 2.00 bits per heavy atom. The molecule has 20 heavy (non-hydrogen) atoms. The molecule has 2 amide bonds. The summed E-state index contributed by atoms with van der Waals surface area (Å²) in [4.78, 5) is 25.7. The standard InChI is InChI=1S/C15H21N3O2/c1-11-3-5-13(6-4-11)18-10-12(9-14(18)19)15(20)17-8-7-16-2/h3-6,12,16H,7-10H2,1-2H3,(H,17,20). The van der Waals surface area contributed by atoms with Crippen molar-refractivity contribution in [1.29, 1.82) is 0 Å². The van der Waals surface area contributed by atoms with E-state index < -0.39 is 0 Å². The quantitative estimate of drug-likeness (QED) is 0.777. The number of benzene rings is 1. The van der Waals surface area contributed by atoms with Crippen molar-refractivity contribution < 1.29 is 9.59 Å². The first kappa shape index (κ1) is 14.5. The van der Waals surface area contributed by atoms with E-state index in [0.717, 1.165) is 17.8 Å². The van der Waals surface area contributed by atoms with Gasteiger partial charge < -0.3 is 15.5 Å². The number of rotatable bonds is 5. The number of carbonyl (C=O) groups is 2. The molecule has 2 rings (SSSR count). The molecule has 0 bridgehead atoms. The van der Waals surface area contributed by atoms with Gasteiger partial charge in [-0.25, -0.2) is 0 Å². The van der Waals surface area contributed by atoms with Crippen LogP contribution in [0.1, 0.15) is 12.0 Å². The lowest BCUT2D eigenvalue weighted by atomic mass is 10.1. The van der Waals surface area contributed by atoms with Gasteiger partial charge in [0.05, 0.1) is 5.92 Å². The molecule has 108 valence electrons. The minimum atomic E-state index is -0.249. The highest BCUT2D eigenvalue weighted by molar-refractivity contribution is 6.00. The molecule has 0 radical (unpaired) electrons. The van der Waals surface area contributed by atoms with Gasteiger partial charge >= 0.3 is 0 Å². The zero-order valence-electron chi connectivity index (χ0n) is 12.0. The summed E-state index contributed by atoms with van der Waals surface area (Å²) in [6, 6.07) is 7.80. The van der Waals surface area contributed by atoms with Crippen LogP contribution in [0.25, 0.3) is 0 Å². The maximum atomic E-state index is 12.0. The molecule has 1 unspecified atom stereocenters. The molecule has 1 aliphatic rings. The molecule has 5 nitrogen and oxygen atoms in total. The van der Waals surface area contributed by atoms with Gasteiger partial charge in [0.15, 0.2) is 0 Å². The average molecular weight is 275 g/mol. The van der Waals surface area contributed by atoms with Crippen LogP contribution in [0.4, 0.5) is 5.69 Å². The largest absolute Gasteiger partial charge is 0.355 e. The van der Waals surface area contributed by atoms with Gasteiger partial charge in [-0.1, -0.05) is 17.7 Å². The highest BCUT2D eigenvalue weighted by atomic mass is 16.2. The monoisotopic (exact) mass is 275 g/mol. The topological polar surface area (TPSA) is 61.4 Å². The van der Waals surface area contributed by atoms with E-state index in [2.05, 4.69) is 10.6 Å². The number of anilines is 1. The molecule has 1 aliphatic heterocycles. The zero-order chi connectivity index (χ0) is 14.5. The Bertz CT molecular complexity index is 484. The van der Waals surface area contributed by atoms with E-state index in [1.54, 1.807) is 4.90 Å². The summed E-state index contributed by atoms with van der Waals surface area (Å²) in [6.45, 7) is 3.79. The normalized spacial score (nSPS) is 18.4. The molecule has 1 atom stereocenters. The summed E-state index contributed by atoms with van der Waals surface area (Å²) in [6.07, 6.45) is 0.291. The Balaban J connectivity index is 1.96. The summed E-state index contributed by atoms with van der Waals surface area (Å²) in [7, 11) is 1.84. The lowest BCUT2D eigenvalue weighted by Crippen LogP contribution is -2.36. The van der Waals surface area contributed by atoms with Crippen LogP contribution in [-0.4, -0.2) is 38.5 Å². The lowest BCUT2D eigenvalue weighted by molar-refractivity contribution is -0.126. The van der Waals surface area contributed by atoms with Crippen LogP contribution < -0.4 is 15.5 Å². The average Bonchev–Trinajstić information content (AvgIpc) is 2.82. The van der Waals surface area contributed by atoms with Crippen molar-refractivity contribution in [3.05, 3.63) is 29.8 Å². The summed E-state index contributed by atoms with van der Waals surface area (Å²) in [5, 5.41) is 5.82. The molecule has 0 saturated carbocycles. The van der Waals surface area contributed by atoms with Crippen molar-refractivity contribution >= 4 is 17.5 Å². The molecule has 1 fully saturated rings. The number of hydrogen-bond donors (Lipinski definition) is 2. The molecule has 1 heterocycles. The molecular formula is C15H21N3O2. The Morgan fingerprint density at radius 1 is 1.30 bits per heavy atom. The van der Waals surface area contributed by atoms with E-state index >= 15 is 0 Å². The second-order valence-electron chi connectivity index (χ2n) is 5.14. The van der Waals surface area contributed by atoms with Crippen molar-refractivity contribution in [2.24, 2.45) is 5.92 Å². The molecule has 2 N–H and O–H groups in total. The van der Waals surface area contributed by atoms with Crippen LogP contribution >= 0.6 is 0 Å². The zero-order valence-corrected chi connectivity index (χ0v) is 12.0. The van der Waals surface area contributed by atoms with Gasteiger partial charge in [0.2, 0.25) is 11.8 Å². The molecule has 0 aliphatic carbocycles. The van der Waals surface area contributed by atoms with Gasteiger partial charge in [0.25, 0.3) is 0 Å². The second-order valence-corrected chi connectivity index (χ2v) is 5.14. The molecule has 0 aromatic heterocycles. The van der Waals surface area contributed by atoms with Crippen LogP contribution in [0.2, 0.25) is 0 Å². The number of hydrogen-bond acceptors (Lipinski definition) is 3. The SMILES string of the molecule is CNCCNC(=O)C1CC(=O)N(c2ccc(C)cc2)C1. The van der Waals surface area contributed by atoms with E-state index in [1.165, 1.54) is 0 Å². The van der Waals surface area contributed by atoms with Gasteiger partial charge in [0.1, 0.15) is 0 Å². The second kappa shape index (κ2) is 6.52. The predicted molar refractivity (Wildman–Crippen MR) is 78.6 cm³/mol. The van der Waals surface area contributed by atoms with E-state index in [0.29, 0.717) is 19.5 Å². The number of amides is 2. The highest BCUT2D eigenvalue weighted by Gasteiger charge is 2.34. The van der Waals surface area contributed by atoms with Crippen LogP contribution in [0.15, 0.2) is 24.3 Å². The summed E-state index contributed by atoms with van der Waals surface area (Å²) in [5.41, 5.74) is 2.02. The fourth-order valence-electron chi connectivity index (χ4n) is 2.31. The van der Waals surface area contributed by atoms with Gasteiger partial charge in [0, 0.05) is 31.7 Å². The van der Waals surface area contributed by atoms with Crippen molar-refractivity contribution in [1.82, 2.24) is 10.6 Å². The third-order valence-electron chi connectivity index (χ3n) is 3.52. The van der Waals surface area contributed by atoms with E-state index in [9.17, 15) is 9.59 Å². The first-order valence-corrected chi connectivity index (χ1v) is 6.91. The van der Waals surface area contributed by atoms with Gasteiger partial charge in [-0.15, -0.1) is 0 Å². The number of aryl methyl sites for hydroxylation is 1. The van der Waals surface area contributed by atoms with Crippen LogP contribution in [0.3, 0.4) is 0 Å². The van der Waals surface area contributed by atoms with Gasteiger partial charge in [-0.2, -0.15) is 0 Å². The van der Waals surface area contributed by atoms with Gasteiger partial charge in [-0.05, 0) is 26.1 Å². The molecule has 1 aromatic carbocycles. The Morgan fingerprint density at radius 3 is 2.65 bits per heavy atom. The summed E-state index contributed by atoms with van der Waals surface area (Å²) in [5.74, 6) is -0.272. The van der Waals surface area contributed by atoms with Crippen LogP contribution in [0, 0.1) is 12.8 Å². The highest BCUT2D eigenvalue weighted by Crippen LogP contribution is 2.25. The van der Waals surface area contributed by atoms with Crippen molar-refractivity contribution in [2.45, 2.75) is 13.3 Å². The lowest BCUT2D eigenvalue weighted by Gasteiger charge is -2.17. The summed E-state index contributed by atoms with van der Waals surface area (Å²) < 4.78 is 0. The number of carbonyl (C=O) groups excluding carboxylic acids is 2. The van der Waals surface area contributed by atoms with Crippen LogP contribution in [-0.2, 0) is 9.59 Å². The third kappa shape index (κ3) is 3.36. The Kier molecular flexibility index (Phi) is 4.74. The Labute approximate surface area is 119 Å². The van der Waals surface area contributed by atoms with Crippen LogP contribution in [0.5, 0.6) is 0 Å². The molecule has 5 heteroatoms. The first-order chi connectivity index (χ1) is 9.61. The fraction of sp³-hybridized carbons (Fsp3) is 0.467. The van der Waals surface area contributed by atoms with Crippen molar-refractivity contribution in [3.8, 4) is 0 Å². The first-order valence-electron chi connectivity index (χ1n) is 6.91. The molecule has 1 aromatic rings. The number of likely N-dealkylation sites (N-methyl/N-ethyl adjacent to an activating group) is 1. The minimum absolute atomic E-state index is 0.0163. The molecule has 0 spiro atoms. The summed E-state index contributed by atoms with van der Waals surface area (Å²) >= 11 is 0. The van der Waals surface area contributed by atoms with E-state index in [1.807, 2.05) is 38.2 Å². The third-order valence-corrected chi connectivity index (χ3v) is 3.52. The smallest absolute Gasteiger partial charge is 0.227 e. The maximum absolute atomic E-state index is 12.0. The van der Waals surface area contributed by atoms with Crippen molar-refractivity contribution in [3.63, 3.8) is 0 Å². The molecule has 1 saturated heterocycles. The van der Waals surface area contributed by atoms with Crippen molar-refractivity contribution in [2.75, 3.05) is 31.6 Å². The van der Waals surface area contributed by atoms with E-state index in [4.69, 9.17) is 0 Å². The minimum Gasteiger partial charge on any atom is -0.355 e. The molecular weight excluding hydrogens is 254 g/mol.